The average molecular weight is 393 g/mol. The molecule has 0 aliphatic heterocycles. The predicted molar refractivity (Wildman–Crippen MR) is 96.7 cm³/mol. The van der Waals surface area contributed by atoms with Gasteiger partial charge in [0.1, 0.15) is 0 Å². The minimum atomic E-state index is -4.38. The standard InChI is InChI=1S/C20H22F3N3O2/c21-20(22,23)15(10-27)5-11-6-16(7-11)25-19(28)14-8-13-3-4-17(12-1-2-12)26-18(13)24-9-14/h3-4,8-9,11-12,15-16,27H,1-2,5-7,10H2,(H,25,28)/t11?,15-,16?/m1/s1. The van der Waals surface area contributed by atoms with E-state index in [9.17, 15) is 18.0 Å². The van der Waals surface area contributed by atoms with Crippen molar-refractivity contribution in [3.05, 3.63) is 35.7 Å². The van der Waals surface area contributed by atoms with Crippen LogP contribution < -0.4 is 5.32 Å². The van der Waals surface area contributed by atoms with Gasteiger partial charge in [0.15, 0.2) is 5.65 Å². The molecule has 2 aromatic rings. The SMILES string of the molecule is O=C(NC1CC(C[C@H](CO)C(F)(F)F)C1)c1cnc2nc(C3CC3)ccc2c1. The molecule has 2 fully saturated rings. The van der Waals surface area contributed by atoms with Gasteiger partial charge in [0, 0.05) is 29.2 Å². The zero-order chi connectivity index (χ0) is 19.9. The molecule has 8 heteroatoms. The van der Waals surface area contributed by atoms with Crippen molar-refractivity contribution < 1.29 is 23.1 Å². The van der Waals surface area contributed by atoms with E-state index < -0.39 is 18.7 Å². The molecule has 0 aromatic carbocycles. The molecular formula is C20H22F3N3O2. The van der Waals surface area contributed by atoms with Crippen LogP contribution in [-0.4, -0.2) is 39.8 Å². The number of rotatable bonds is 6. The zero-order valence-electron chi connectivity index (χ0n) is 15.2. The van der Waals surface area contributed by atoms with Crippen LogP contribution in [0.4, 0.5) is 13.2 Å². The monoisotopic (exact) mass is 393 g/mol. The van der Waals surface area contributed by atoms with Crippen molar-refractivity contribution in [2.24, 2.45) is 11.8 Å². The van der Waals surface area contributed by atoms with Crippen LogP contribution in [-0.2, 0) is 0 Å². The van der Waals surface area contributed by atoms with Gasteiger partial charge >= 0.3 is 6.18 Å². The number of nitrogens with one attached hydrogen (secondary N) is 1. The van der Waals surface area contributed by atoms with Crippen LogP contribution in [0.15, 0.2) is 24.4 Å². The number of hydrogen-bond donors (Lipinski definition) is 2. The average Bonchev–Trinajstić information content (AvgIpc) is 3.46. The fourth-order valence-corrected chi connectivity index (χ4v) is 3.78. The summed E-state index contributed by atoms with van der Waals surface area (Å²) in [6.45, 7) is -0.893. The highest BCUT2D eigenvalue weighted by molar-refractivity contribution is 5.97. The number of fused-ring (bicyclic) bond motifs is 1. The zero-order valence-corrected chi connectivity index (χ0v) is 15.2. The molecule has 0 bridgehead atoms. The van der Waals surface area contributed by atoms with Crippen molar-refractivity contribution in [1.29, 1.82) is 0 Å². The van der Waals surface area contributed by atoms with Gasteiger partial charge in [0.05, 0.1) is 18.1 Å². The Morgan fingerprint density at radius 2 is 2.04 bits per heavy atom. The third-order valence-electron chi connectivity index (χ3n) is 5.69. The molecule has 1 atom stereocenters. The van der Waals surface area contributed by atoms with E-state index in [1.54, 1.807) is 6.07 Å². The highest BCUT2D eigenvalue weighted by atomic mass is 19.4. The molecule has 0 unspecified atom stereocenters. The van der Waals surface area contributed by atoms with Crippen LogP contribution >= 0.6 is 0 Å². The van der Waals surface area contributed by atoms with Gasteiger partial charge in [0.2, 0.25) is 0 Å². The van der Waals surface area contributed by atoms with Gasteiger partial charge in [-0.05, 0) is 56.2 Å². The van der Waals surface area contributed by atoms with E-state index in [-0.39, 0.29) is 24.3 Å². The van der Waals surface area contributed by atoms with Crippen molar-refractivity contribution in [2.45, 2.75) is 50.2 Å². The first-order chi connectivity index (χ1) is 13.3. The molecule has 2 aliphatic carbocycles. The van der Waals surface area contributed by atoms with Crippen LogP contribution in [0.3, 0.4) is 0 Å². The lowest BCUT2D eigenvalue weighted by molar-refractivity contribution is -0.190. The summed E-state index contributed by atoms with van der Waals surface area (Å²) < 4.78 is 38.2. The summed E-state index contributed by atoms with van der Waals surface area (Å²) in [6.07, 6.45) is 0.305. The Morgan fingerprint density at radius 1 is 1.29 bits per heavy atom. The van der Waals surface area contributed by atoms with Crippen molar-refractivity contribution >= 4 is 16.9 Å². The molecule has 2 N–H and O–H groups in total. The summed E-state index contributed by atoms with van der Waals surface area (Å²) in [5, 5.41) is 12.6. The van der Waals surface area contributed by atoms with Gasteiger partial charge in [-0.3, -0.25) is 4.79 Å². The number of nitrogens with zero attached hydrogens (tertiary/aromatic N) is 2. The first-order valence-corrected chi connectivity index (χ1v) is 9.58. The second kappa shape index (κ2) is 7.31. The number of amides is 1. The Morgan fingerprint density at radius 3 is 2.68 bits per heavy atom. The molecule has 2 heterocycles. The van der Waals surface area contributed by atoms with Gasteiger partial charge in [-0.25, -0.2) is 9.97 Å². The molecule has 5 nitrogen and oxygen atoms in total. The molecule has 0 radical (unpaired) electrons. The van der Waals surface area contributed by atoms with E-state index in [2.05, 4.69) is 15.3 Å². The minimum Gasteiger partial charge on any atom is -0.396 e. The molecule has 0 spiro atoms. The normalized spacial score (nSPS) is 23.3. The first-order valence-electron chi connectivity index (χ1n) is 9.58. The molecule has 4 rings (SSSR count). The number of carbonyl (C=O) groups excluding carboxylic acids is 1. The quantitative estimate of drug-likeness (QED) is 0.787. The number of aliphatic hydroxyl groups excluding tert-OH is 1. The summed E-state index contributed by atoms with van der Waals surface area (Å²) in [5.74, 6) is -1.57. The van der Waals surface area contributed by atoms with Gasteiger partial charge in [-0.2, -0.15) is 13.2 Å². The van der Waals surface area contributed by atoms with E-state index in [0.29, 0.717) is 30.0 Å². The van der Waals surface area contributed by atoms with Crippen molar-refractivity contribution in [3.63, 3.8) is 0 Å². The molecule has 1 amide bonds. The number of alkyl halides is 3. The number of carbonyl (C=O) groups is 1. The van der Waals surface area contributed by atoms with Gasteiger partial charge < -0.3 is 10.4 Å². The number of aliphatic hydroxyl groups is 1. The van der Waals surface area contributed by atoms with Crippen molar-refractivity contribution in [1.82, 2.24) is 15.3 Å². The maximum absolute atomic E-state index is 12.7. The first kappa shape index (κ1) is 19.1. The summed E-state index contributed by atoms with van der Waals surface area (Å²) in [5.41, 5.74) is 2.07. The molecule has 2 aromatic heterocycles. The summed E-state index contributed by atoms with van der Waals surface area (Å²) in [7, 11) is 0. The number of hydrogen-bond acceptors (Lipinski definition) is 4. The van der Waals surface area contributed by atoms with Crippen LogP contribution in [0.25, 0.3) is 11.0 Å². The van der Waals surface area contributed by atoms with Crippen LogP contribution in [0.1, 0.15) is 54.1 Å². The molecule has 150 valence electrons. The summed E-state index contributed by atoms with van der Waals surface area (Å²) in [4.78, 5) is 21.3. The lowest BCUT2D eigenvalue weighted by Gasteiger charge is -2.37. The second-order valence-corrected chi connectivity index (χ2v) is 7.95. The number of pyridine rings is 2. The molecule has 0 saturated heterocycles. The van der Waals surface area contributed by atoms with Crippen LogP contribution in [0.5, 0.6) is 0 Å². The minimum absolute atomic E-state index is 0.0983. The number of halogens is 3. The van der Waals surface area contributed by atoms with E-state index in [4.69, 9.17) is 5.11 Å². The highest BCUT2D eigenvalue weighted by Gasteiger charge is 2.43. The largest absolute Gasteiger partial charge is 0.396 e. The van der Waals surface area contributed by atoms with E-state index in [1.807, 2.05) is 12.1 Å². The predicted octanol–water partition coefficient (Wildman–Crippen LogP) is 3.58. The third-order valence-corrected chi connectivity index (χ3v) is 5.69. The van der Waals surface area contributed by atoms with Crippen LogP contribution in [0, 0.1) is 11.8 Å². The highest BCUT2D eigenvalue weighted by Crippen LogP contribution is 2.40. The fourth-order valence-electron chi connectivity index (χ4n) is 3.78. The molecule has 2 aliphatic rings. The van der Waals surface area contributed by atoms with Crippen LogP contribution in [0.2, 0.25) is 0 Å². The van der Waals surface area contributed by atoms with Crippen molar-refractivity contribution in [3.8, 4) is 0 Å². The smallest absolute Gasteiger partial charge is 0.394 e. The van der Waals surface area contributed by atoms with Gasteiger partial charge in [-0.15, -0.1) is 0 Å². The third kappa shape index (κ3) is 4.11. The summed E-state index contributed by atoms with van der Waals surface area (Å²) in [6, 6.07) is 5.49. The van der Waals surface area contributed by atoms with E-state index in [0.717, 1.165) is 23.9 Å². The Hall–Kier alpha value is -2.22. The maximum Gasteiger partial charge on any atom is 0.394 e. The Balaban J connectivity index is 1.32. The fraction of sp³-hybridized carbons (Fsp3) is 0.550. The van der Waals surface area contributed by atoms with Gasteiger partial charge in [-0.1, -0.05) is 0 Å². The topological polar surface area (TPSA) is 75.1 Å². The van der Waals surface area contributed by atoms with Crippen molar-refractivity contribution in [2.75, 3.05) is 6.61 Å². The Labute approximate surface area is 160 Å². The maximum atomic E-state index is 12.7. The van der Waals surface area contributed by atoms with Gasteiger partial charge in [0.25, 0.3) is 5.91 Å². The molecule has 2 saturated carbocycles. The Bertz CT molecular complexity index is 877. The molecular weight excluding hydrogens is 371 g/mol. The summed E-state index contributed by atoms with van der Waals surface area (Å²) >= 11 is 0. The van der Waals surface area contributed by atoms with E-state index in [1.165, 1.54) is 6.20 Å². The lowest BCUT2D eigenvalue weighted by Crippen LogP contribution is -2.45. The molecule has 28 heavy (non-hydrogen) atoms. The van der Waals surface area contributed by atoms with E-state index >= 15 is 0 Å². The second-order valence-electron chi connectivity index (χ2n) is 7.95. The number of aromatic nitrogens is 2. The lowest BCUT2D eigenvalue weighted by atomic mass is 9.75. The Kier molecular flexibility index (Phi) is 4.99.